The number of nitrogens with one attached hydrogen (secondary N) is 2. The van der Waals surface area contributed by atoms with Crippen molar-refractivity contribution in [2.75, 3.05) is 24.5 Å². The minimum Gasteiger partial charge on any atom is -0.355 e. The van der Waals surface area contributed by atoms with Crippen LogP contribution < -0.4 is 10.2 Å². The molecule has 0 bridgehead atoms. The Kier molecular flexibility index (Phi) is 4.30. The van der Waals surface area contributed by atoms with Crippen LogP contribution in [0.2, 0.25) is 0 Å². The van der Waals surface area contributed by atoms with Gasteiger partial charge in [-0.3, -0.25) is 9.89 Å². The van der Waals surface area contributed by atoms with Crippen molar-refractivity contribution >= 4 is 11.7 Å². The summed E-state index contributed by atoms with van der Waals surface area (Å²) in [5.74, 6) is 1.07. The van der Waals surface area contributed by atoms with E-state index in [1.165, 1.54) is 0 Å². The molecule has 2 saturated heterocycles. The van der Waals surface area contributed by atoms with E-state index in [4.69, 9.17) is 4.98 Å². The molecule has 2 aliphatic heterocycles. The van der Waals surface area contributed by atoms with E-state index in [1.54, 1.807) is 12.4 Å². The van der Waals surface area contributed by atoms with Crippen LogP contribution in [0.15, 0.2) is 12.4 Å². The van der Waals surface area contributed by atoms with Gasteiger partial charge < -0.3 is 10.2 Å². The Hall–Kier alpha value is -2.95. The van der Waals surface area contributed by atoms with E-state index in [9.17, 15) is 10.1 Å². The number of rotatable bonds is 3. The Bertz CT molecular complexity index is 905. The highest BCUT2D eigenvalue weighted by molar-refractivity contribution is 5.82. The van der Waals surface area contributed by atoms with Crippen LogP contribution in [0, 0.1) is 29.6 Å². The number of aryl methyl sites for hydroxylation is 1. The molecule has 8 nitrogen and oxygen atoms in total. The zero-order chi connectivity index (χ0) is 19.0. The Morgan fingerprint density at radius 3 is 2.81 bits per heavy atom. The number of nitriles is 1. The molecule has 2 aromatic rings. The number of carbonyl (C=O) groups excluding carboxylic acids is 1. The molecule has 2 N–H and O–H groups in total. The monoisotopic (exact) mass is 365 g/mol. The number of piperidine rings is 1. The quantitative estimate of drug-likeness (QED) is 0.858. The lowest BCUT2D eigenvalue weighted by Crippen LogP contribution is -2.44. The van der Waals surface area contributed by atoms with Crippen molar-refractivity contribution in [1.82, 2.24) is 25.5 Å². The minimum atomic E-state index is 0.0618. The molecular weight excluding hydrogens is 342 g/mol. The van der Waals surface area contributed by atoms with Crippen molar-refractivity contribution in [3.63, 3.8) is 0 Å². The second-order valence-corrected chi connectivity index (χ2v) is 7.45. The molecule has 0 radical (unpaired) electrons. The molecule has 4 heterocycles. The van der Waals surface area contributed by atoms with Crippen molar-refractivity contribution in [2.24, 2.45) is 11.3 Å². The molecule has 2 aliphatic rings. The Labute approximate surface area is 158 Å². The molecule has 1 unspecified atom stereocenters. The van der Waals surface area contributed by atoms with Gasteiger partial charge in [-0.05, 0) is 26.2 Å². The fourth-order valence-electron chi connectivity index (χ4n) is 4.51. The summed E-state index contributed by atoms with van der Waals surface area (Å²) >= 11 is 0. The number of amides is 1. The van der Waals surface area contributed by atoms with E-state index in [0.29, 0.717) is 11.4 Å². The molecule has 0 aliphatic carbocycles. The zero-order valence-electron chi connectivity index (χ0n) is 15.6. The Morgan fingerprint density at radius 1 is 1.41 bits per heavy atom. The standard InChI is InChI=1S/C19H23N7O/c1-3-14-18(27)22-11-19(14)4-6-26(7-5-19)16-10-21-15(8-20)17(24-16)13-9-23-25-12(13)2/h9-10,14H,3-7,11H2,1-2H3,(H,22,27)(H,23,25). The predicted molar refractivity (Wildman–Crippen MR) is 99.7 cm³/mol. The number of aromatic amines is 1. The normalized spacial score (nSPS) is 21.3. The van der Waals surface area contributed by atoms with E-state index < -0.39 is 0 Å². The van der Waals surface area contributed by atoms with E-state index in [1.807, 2.05) is 6.92 Å². The molecule has 0 saturated carbocycles. The first-order valence-electron chi connectivity index (χ1n) is 9.38. The third-order valence-electron chi connectivity index (χ3n) is 6.11. The highest BCUT2D eigenvalue weighted by Crippen LogP contribution is 2.44. The molecule has 1 amide bonds. The fraction of sp³-hybridized carbons (Fsp3) is 0.526. The maximum atomic E-state index is 12.1. The second kappa shape index (κ2) is 6.65. The van der Waals surface area contributed by atoms with Crippen molar-refractivity contribution in [3.05, 3.63) is 23.8 Å². The summed E-state index contributed by atoms with van der Waals surface area (Å²) < 4.78 is 0. The molecule has 1 atom stereocenters. The predicted octanol–water partition coefficient (Wildman–Crippen LogP) is 1.79. The topological polar surface area (TPSA) is 111 Å². The van der Waals surface area contributed by atoms with E-state index in [0.717, 1.165) is 56.0 Å². The third-order valence-corrected chi connectivity index (χ3v) is 6.11. The lowest BCUT2D eigenvalue weighted by atomic mass is 9.69. The van der Waals surface area contributed by atoms with Gasteiger partial charge in [-0.1, -0.05) is 6.92 Å². The van der Waals surface area contributed by atoms with Gasteiger partial charge in [-0.25, -0.2) is 9.97 Å². The van der Waals surface area contributed by atoms with Crippen LogP contribution in [-0.4, -0.2) is 45.7 Å². The van der Waals surface area contributed by atoms with Crippen molar-refractivity contribution in [2.45, 2.75) is 33.1 Å². The Balaban J connectivity index is 1.58. The van der Waals surface area contributed by atoms with Crippen LogP contribution in [0.4, 0.5) is 5.82 Å². The highest BCUT2D eigenvalue weighted by atomic mass is 16.2. The summed E-state index contributed by atoms with van der Waals surface area (Å²) in [6, 6.07) is 2.12. The summed E-state index contributed by atoms with van der Waals surface area (Å²) in [7, 11) is 0. The first kappa shape index (κ1) is 17.5. The summed E-state index contributed by atoms with van der Waals surface area (Å²) in [6.45, 7) is 6.40. The number of carbonyl (C=O) groups is 1. The van der Waals surface area contributed by atoms with Gasteiger partial charge in [0.1, 0.15) is 17.6 Å². The van der Waals surface area contributed by atoms with E-state index >= 15 is 0 Å². The van der Waals surface area contributed by atoms with Gasteiger partial charge >= 0.3 is 0 Å². The Morgan fingerprint density at radius 2 is 2.19 bits per heavy atom. The zero-order valence-corrected chi connectivity index (χ0v) is 15.6. The molecule has 8 heteroatoms. The van der Waals surface area contributed by atoms with Gasteiger partial charge in [0.2, 0.25) is 5.91 Å². The molecule has 0 aromatic carbocycles. The molecule has 140 valence electrons. The number of hydrogen-bond donors (Lipinski definition) is 2. The summed E-state index contributed by atoms with van der Waals surface area (Å²) in [5, 5.41) is 19.4. The first-order chi connectivity index (χ1) is 13.1. The molecule has 2 aromatic heterocycles. The number of hydrogen-bond acceptors (Lipinski definition) is 6. The average molecular weight is 365 g/mol. The smallest absolute Gasteiger partial charge is 0.223 e. The number of H-pyrrole nitrogens is 1. The molecule has 4 rings (SSSR count). The van der Waals surface area contributed by atoms with Crippen LogP contribution >= 0.6 is 0 Å². The highest BCUT2D eigenvalue weighted by Gasteiger charge is 2.48. The van der Waals surface area contributed by atoms with Crippen LogP contribution in [-0.2, 0) is 4.79 Å². The van der Waals surface area contributed by atoms with Crippen LogP contribution in [0.3, 0.4) is 0 Å². The molecule has 1 spiro atoms. The largest absolute Gasteiger partial charge is 0.355 e. The SMILES string of the molecule is CCC1C(=O)NCC12CCN(c1cnc(C#N)c(-c3c[nH]nc3C)n1)CC2. The average Bonchev–Trinajstić information content (AvgIpc) is 3.25. The fourth-order valence-corrected chi connectivity index (χ4v) is 4.51. The molecule has 27 heavy (non-hydrogen) atoms. The van der Waals surface area contributed by atoms with Gasteiger partial charge in [-0.2, -0.15) is 10.4 Å². The number of nitrogens with zero attached hydrogens (tertiary/aromatic N) is 5. The summed E-state index contributed by atoms with van der Waals surface area (Å²) in [6.07, 6.45) is 6.20. The van der Waals surface area contributed by atoms with Gasteiger partial charge in [0.15, 0.2) is 5.69 Å². The summed E-state index contributed by atoms with van der Waals surface area (Å²) in [5.41, 5.74) is 2.51. The van der Waals surface area contributed by atoms with E-state index in [2.05, 4.69) is 38.4 Å². The minimum absolute atomic E-state index is 0.0618. The maximum Gasteiger partial charge on any atom is 0.223 e. The lowest BCUT2D eigenvalue weighted by molar-refractivity contribution is -0.124. The van der Waals surface area contributed by atoms with Crippen LogP contribution in [0.25, 0.3) is 11.3 Å². The second-order valence-electron chi connectivity index (χ2n) is 7.45. The van der Waals surface area contributed by atoms with Crippen molar-refractivity contribution in [1.29, 1.82) is 5.26 Å². The van der Waals surface area contributed by atoms with Gasteiger partial charge in [0.25, 0.3) is 0 Å². The third kappa shape index (κ3) is 2.83. The van der Waals surface area contributed by atoms with Gasteiger partial charge in [-0.15, -0.1) is 0 Å². The van der Waals surface area contributed by atoms with E-state index in [-0.39, 0.29) is 17.2 Å². The van der Waals surface area contributed by atoms with Crippen molar-refractivity contribution in [3.8, 4) is 17.3 Å². The lowest BCUT2D eigenvalue weighted by Gasteiger charge is -2.41. The van der Waals surface area contributed by atoms with Crippen LogP contribution in [0.5, 0.6) is 0 Å². The number of aromatic nitrogens is 4. The number of anilines is 1. The van der Waals surface area contributed by atoms with Gasteiger partial charge in [0, 0.05) is 42.7 Å². The molecule has 2 fully saturated rings. The van der Waals surface area contributed by atoms with Gasteiger partial charge in [0.05, 0.1) is 11.9 Å². The first-order valence-corrected chi connectivity index (χ1v) is 9.38. The molecular formula is C19H23N7O. The summed E-state index contributed by atoms with van der Waals surface area (Å²) in [4.78, 5) is 23.4. The maximum absolute atomic E-state index is 12.1. The van der Waals surface area contributed by atoms with Crippen molar-refractivity contribution < 1.29 is 4.79 Å². The van der Waals surface area contributed by atoms with Crippen LogP contribution in [0.1, 0.15) is 37.6 Å².